The van der Waals surface area contributed by atoms with E-state index in [0.29, 0.717) is 34.4 Å². The summed E-state index contributed by atoms with van der Waals surface area (Å²) in [6.07, 6.45) is 2.38. The Morgan fingerprint density at radius 3 is 2.47 bits per heavy atom. The van der Waals surface area contributed by atoms with Crippen LogP contribution < -0.4 is 10.3 Å². The number of rotatable bonds is 3. The number of aromatic nitrogens is 1. The van der Waals surface area contributed by atoms with E-state index in [2.05, 4.69) is 0 Å². The van der Waals surface area contributed by atoms with Gasteiger partial charge >= 0.3 is 12.6 Å². The lowest BCUT2D eigenvalue weighted by Gasteiger charge is -2.58. The number of ether oxygens (including phenoxy) is 2. The van der Waals surface area contributed by atoms with Crippen molar-refractivity contribution in [3.63, 3.8) is 0 Å². The zero-order chi connectivity index (χ0) is 21.8. The van der Waals surface area contributed by atoms with Crippen molar-refractivity contribution in [2.45, 2.75) is 58.8 Å². The number of benzene rings is 1. The van der Waals surface area contributed by atoms with E-state index in [1.165, 1.54) is 6.07 Å². The first-order valence-corrected chi connectivity index (χ1v) is 10.1. The van der Waals surface area contributed by atoms with Crippen LogP contribution in [0.25, 0.3) is 10.8 Å². The van der Waals surface area contributed by atoms with Crippen LogP contribution in [0, 0.1) is 12.3 Å². The summed E-state index contributed by atoms with van der Waals surface area (Å²) >= 11 is 0. The molecule has 0 atom stereocenters. The third kappa shape index (κ3) is 3.63. The molecule has 0 N–H and O–H groups in total. The van der Waals surface area contributed by atoms with E-state index in [9.17, 15) is 18.4 Å². The van der Waals surface area contributed by atoms with Gasteiger partial charge in [0.25, 0.3) is 5.56 Å². The minimum absolute atomic E-state index is 0.0331. The number of hydrogen-bond acceptors (Lipinski definition) is 4. The maximum atomic E-state index is 13.1. The Bertz CT molecular complexity index is 1040. The molecule has 2 heterocycles. The molecule has 1 spiro atoms. The summed E-state index contributed by atoms with van der Waals surface area (Å²) in [6, 6.07) is 5.01. The zero-order valence-corrected chi connectivity index (χ0v) is 17.6. The van der Waals surface area contributed by atoms with Gasteiger partial charge in [0, 0.05) is 30.1 Å². The van der Waals surface area contributed by atoms with Crippen LogP contribution in [0.5, 0.6) is 5.75 Å². The molecule has 1 amide bonds. The van der Waals surface area contributed by atoms with E-state index in [-0.39, 0.29) is 23.0 Å². The first-order chi connectivity index (χ1) is 14.0. The molecule has 4 rings (SSSR count). The van der Waals surface area contributed by atoms with Crippen LogP contribution in [0.1, 0.15) is 45.7 Å². The minimum Gasteiger partial charge on any atom is -0.490 e. The number of fused-ring (bicyclic) bond motifs is 1. The van der Waals surface area contributed by atoms with Crippen molar-refractivity contribution >= 4 is 16.9 Å². The van der Waals surface area contributed by atoms with Gasteiger partial charge in [-0.3, -0.25) is 9.36 Å². The van der Waals surface area contributed by atoms with Crippen molar-refractivity contribution in [2.24, 2.45) is 5.41 Å². The Balaban J connectivity index is 1.43. The molecule has 1 saturated carbocycles. The van der Waals surface area contributed by atoms with Crippen LogP contribution in [0.2, 0.25) is 0 Å². The number of carbonyl (C=O) groups excluding carboxylic acids is 1. The van der Waals surface area contributed by atoms with Gasteiger partial charge < -0.3 is 14.4 Å². The molecule has 1 aliphatic carbocycles. The van der Waals surface area contributed by atoms with Gasteiger partial charge in [-0.15, -0.1) is 0 Å². The van der Waals surface area contributed by atoms with Crippen molar-refractivity contribution in [1.82, 2.24) is 9.47 Å². The summed E-state index contributed by atoms with van der Waals surface area (Å²) in [7, 11) is 0. The molecular weight excluding hydrogens is 394 g/mol. The number of alkyl halides is 2. The zero-order valence-electron chi connectivity index (χ0n) is 17.6. The summed E-state index contributed by atoms with van der Waals surface area (Å²) in [4.78, 5) is 26.3. The molecule has 2 fully saturated rings. The van der Waals surface area contributed by atoms with Crippen molar-refractivity contribution in [1.29, 1.82) is 0 Å². The smallest absolute Gasteiger partial charge is 0.410 e. The van der Waals surface area contributed by atoms with E-state index < -0.39 is 17.7 Å². The fourth-order valence-electron chi connectivity index (χ4n) is 4.41. The number of carbonyl (C=O) groups is 1. The van der Waals surface area contributed by atoms with E-state index in [1.807, 2.05) is 20.8 Å². The molecule has 2 aromatic rings. The fourth-order valence-corrected chi connectivity index (χ4v) is 4.41. The van der Waals surface area contributed by atoms with Gasteiger partial charge in [0.15, 0.2) is 0 Å². The van der Waals surface area contributed by atoms with E-state index in [4.69, 9.17) is 9.47 Å². The summed E-state index contributed by atoms with van der Waals surface area (Å²) < 4.78 is 38.1. The Morgan fingerprint density at radius 1 is 1.20 bits per heavy atom. The number of pyridine rings is 1. The van der Waals surface area contributed by atoms with E-state index in [1.54, 1.807) is 24.0 Å². The predicted molar refractivity (Wildman–Crippen MR) is 108 cm³/mol. The molecule has 1 aromatic heterocycles. The van der Waals surface area contributed by atoms with Gasteiger partial charge in [-0.1, -0.05) is 6.07 Å². The van der Waals surface area contributed by atoms with Gasteiger partial charge in [-0.2, -0.15) is 8.78 Å². The summed E-state index contributed by atoms with van der Waals surface area (Å²) in [5.74, 6) is 0.525. The number of likely N-dealkylation sites (tertiary alicyclic amines) is 1. The Hall–Kier alpha value is -2.64. The molecule has 1 aromatic carbocycles. The quantitative estimate of drug-likeness (QED) is 0.735. The third-order valence-corrected chi connectivity index (χ3v) is 5.79. The predicted octanol–water partition coefficient (Wildman–Crippen LogP) is 4.48. The molecule has 8 heteroatoms. The van der Waals surface area contributed by atoms with Crippen LogP contribution in [-0.2, 0) is 4.74 Å². The van der Waals surface area contributed by atoms with Crippen molar-refractivity contribution < 1.29 is 23.0 Å². The SMILES string of the molecule is Cc1ccc(OC2CC3(C2)CN(C(=O)OC(C)(C)C)C3)c2ccn(C(F)F)c(=O)c12. The summed E-state index contributed by atoms with van der Waals surface area (Å²) in [5.41, 5.74) is -0.540. The highest BCUT2D eigenvalue weighted by Gasteiger charge is 2.55. The number of amides is 1. The molecule has 1 saturated heterocycles. The largest absolute Gasteiger partial charge is 0.490 e. The lowest BCUT2D eigenvalue weighted by Crippen LogP contribution is -2.66. The Kier molecular flexibility index (Phi) is 4.78. The second-order valence-corrected chi connectivity index (χ2v) is 9.46. The van der Waals surface area contributed by atoms with Crippen molar-refractivity contribution in [3.8, 4) is 5.75 Å². The second kappa shape index (κ2) is 6.96. The fraction of sp³-hybridized carbons (Fsp3) is 0.545. The lowest BCUT2D eigenvalue weighted by molar-refractivity contribution is -0.116. The van der Waals surface area contributed by atoms with Crippen LogP contribution in [0.3, 0.4) is 0 Å². The first-order valence-electron chi connectivity index (χ1n) is 10.1. The van der Waals surface area contributed by atoms with Crippen LogP contribution in [0.4, 0.5) is 13.6 Å². The second-order valence-electron chi connectivity index (χ2n) is 9.46. The molecule has 2 aliphatic rings. The average Bonchev–Trinajstić information content (AvgIpc) is 2.55. The minimum atomic E-state index is -2.89. The Labute approximate surface area is 173 Å². The molecule has 30 heavy (non-hydrogen) atoms. The molecular formula is C22H26F2N2O4. The first kappa shape index (κ1) is 20.6. The van der Waals surface area contributed by atoms with E-state index in [0.717, 1.165) is 19.0 Å². The van der Waals surface area contributed by atoms with Crippen LogP contribution in [-0.4, -0.2) is 40.4 Å². The molecule has 0 bridgehead atoms. The molecule has 1 aliphatic heterocycles. The molecule has 162 valence electrons. The molecule has 0 radical (unpaired) electrons. The van der Waals surface area contributed by atoms with Gasteiger partial charge in [-0.25, -0.2) is 4.79 Å². The highest BCUT2D eigenvalue weighted by Crippen LogP contribution is 2.50. The maximum absolute atomic E-state index is 13.1. The van der Waals surface area contributed by atoms with Gasteiger partial charge in [0.2, 0.25) is 0 Å². The lowest BCUT2D eigenvalue weighted by atomic mass is 9.62. The third-order valence-electron chi connectivity index (χ3n) is 5.79. The van der Waals surface area contributed by atoms with Crippen molar-refractivity contribution in [2.75, 3.05) is 13.1 Å². The summed E-state index contributed by atoms with van der Waals surface area (Å²) in [5, 5.41) is 0.797. The van der Waals surface area contributed by atoms with Gasteiger partial charge in [0.1, 0.15) is 17.5 Å². The van der Waals surface area contributed by atoms with E-state index >= 15 is 0 Å². The highest BCUT2D eigenvalue weighted by molar-refractivity contribution is 5.90. The molecule has 6 nitrogen and oxygen atoms in total. The Morgan fingerprint density at radius 2 is 1.87 bits per heavy atom. The average molecular weight is 420 g/mol. The van der Waals surface area contributed by atoms with Gasteiger partial charge in [-0.05, 0) is 58.2 Å². The highest BCUT2D eigenvalue weighted by atomic mass is 19.3. The standard InChI is InChI=1S/C22H26F2N2O4/c1-13-5-6-16(15-7-8-26(19(23)24)18(27)17(13)15)29-14-9-22(10-14)11-25(12-22)20(28)30-21(2,3)4/h5-8,14,19H,9-12H2,1-4H3. The summed E-state index contributed by atoms with van der Waals surface area (Å²) in [6.45, 7) is 5.66. The van der Waals surface area contributed by atoms with Gasteiger partial charge in [0.05, 0.1) is 5.39 Å². The number of hydrogen-bond donors (Lipinski definition) is 0. The molecule has 0 unspecified atom stereocenters. The number of halogens is 2. The maximum Gasteiger partial charge on any atom is 0.410 e. The normalized spacial score (nSPS) is 18.4. The monoisotopic (exact) mass is 420 g/mol. The number of nitrogens with zero attached hydrogens (tertiary/aromatic N) is 2. The number of aryl methyl sites for hydroxylation is 1. The van der Waals surface area contributed by atoms with Crippen molar-refractivity contribution in [3.05, 3.63) is 40.3 Å². The van der Waals surface area contributed by atoms with Crippen LogP contribution >= 0.6 is 0 Å². The van der Waals surface area contributed by atoms with Crippen LogP contribution in [0.15, 0.2) is 29.2 Å². The topological polar surface area (TPSA) is 60.8 Å².